The molecule has 0 aromatic heterocycles. The minimum Gasteiger partial charge on any atom is -0.315 e. The summed E-state index contributed by atoms with van der Waals surface area (Å²) in [5, 5.41) is 12.6. The monoisotopic (exact) mass is 236 g/mol. The van der Waals surface area contributed by atoms with Crippen LogP contribution in [0, 0.1) is 17.2 Å². The number of piperidine rings is 1. The summed E-state index contributed by atoms with van der Waals surface area (Å²) >= 11 is 0. The van der Waals surface area contributed by atoms with Crippen molar-refractivity contribution in [2.45, 2.75) is 12.8 Å². The Bertz CT molecular complexity index is 546. The summed E-state index contributed by atoms with van der Waals surface area (Å²) in [7, 11) is 0. The molecule has 1 aliphatic heterocycles. The second-order valence-electron chi connectivity index (χ2n) is 4.85. The minimum atomic E-state index is 0.299. The van der Waals surface area contributed by atoms with E-state index in [1.165, 1.54) is 16.7 Å². The van der Waals surface area contributed by atoms with Crippen molar-refractivity contribution in [1.82, 2.24) is 5.32 Å². The van der Waals surface area contributed by atoms with Gasteiger partial charge in [-0.15, -0.1) is 0 Å². The summed E-state index contributed by atoms with van der Waals surface area (Å²) in [5.41, 5.74) is 5.16. The molecule has 18 heavy (non-hydrogen) atoms. The third-order valence-corrected chi connectivity index (χ3v) is 3.88. The van der Waals surface area contributed by atoms with Crippen molar-refractivity contribution in [3.8, 4) is 6.07 Å². The third-order valence-electron chi connectivity index (χ3n) is 3.88. The summed E-state index contributed by atoms with van der Waals surface area (Å²) < 4.78 is 0. The van der Waals surface area contributed by atoms with Crippen LogP contribution in [-0.2, 0) is 0 Å². The molecule has 1 aliphatic carbocycles. The van der Waals surface area contributed by atoms with Crippen LogP contribution < -0.4 is 5.32 Å². The summed E-state index contributed by atoms with van der Waals surface area (Å²) in [5.74, 6) is 0.299. The Hall–Kier alpha value is -1.85. The van der Waals surface area contributed by atoms with E-state index in [1.54, 1.807) is 0 Å². The van der Waals surface area contributed by atoms with Crippen LogP contribution in [0.2, 0.25) is 0 Å². The molecule has 0 saturated carbocycles. The van der Waals surface area contributed by atoms with Crippen LogP contribution in [0.1, 0.15) is 18.4 Å². The van der Waals surface area contributed by atoms with Crippen molar-refractivity contribution in [2.24, 2.45) is 5.92 Å². The molecule has 0 bridgehead atoms. The van der Waals surface area contributed by atoms with Gasteiger partial charge in [-0.3, -0.25) is 0 Å². The highest BCUT2D eigenvalue weighted by molar-refractivity contribution is 5.73. The lowest BCUT2D eigenvalue weighted by Crippen LogP contribution is -2.34. The number of hydrogen-bond donors (Lipinski definition) is 1. The van der Waals surface area contributed by atoms with E-state index in [0.29, 0.717) is 5.92 Å². The van der Waals surface area contributed by atoms with Gasteiger partial charge in [-0.1, -0.05) is 42.0 Å². The largest absolute Gasteiger partial charge is 0.315 e. The van der Waals surface area contributed by atoms with Crippen molar-refractivity contribution < 1.29 is 0 Å². The molecule has 1 heterocycles. The van der Waals surface area contributed by atoms with Gasteiger partial charge >= 0.3 is 0 Å². The van der Waals surface area contributed by atoms with E-state index in [-0.39, 0.29) is 0 Å². The van der Waals surface area contributed by atoms with Gasteiger partial charge < -0.3 is 5.32 Å². The third kappa shape index (κ3) is 1.87. The smallest absolute Gasteiger partial charge is 0.0950 e. The molecular formula is C16H16N2. The van der Waals surface area contributed by atoms with Crippen LogP contribution >= 0.6 is 0 Å². The number of nitrogens with one attached hydrogen (secondary N) is 1. The van der Waals surface area contributed by atoms with E-state index >= 15 is 0 Å². The average molecular weight is 236 g/mol. The predicted molar refractivity (Wildman–Crippen MR) is 72.7 cm³/mol. The first-order valence-electron chi connectivity index (χ1n) is 6.48. The molecule has 1 saturated heterocycles. The summed E-state index contributed by atoms with van der Waals surface area (Å²) in [6, 6.07) is 12.9. The van der Waals surface area contributed by atoms with Crippen molar-refractivity contribution in [3.63, 3.8) is 0 Å². The van der Waals surface area contributed by atoms with Gasteiger partial charge in [0.1, 0.15) is 0 Å². The number of allylic oxidation sites excluding steroid dienone is 2. The Kier molecular flexibility index (Phi) is 3.00. The molecule has 1 N–H and O–H groups in total. The van der Waals surface area contributed by atoms with Gasteiger partial charge in [-0.05, 0) is 30.5 Å². The zero-order valence-electron chi connectivity index (χ0n) is 10.3. The molecule has 2 aliphatic rings. The molecule has 1 atom stereocenters. The standard InChI is InChI=1S/C16H16N2/c17-10-13-6-7-14(12-4-2-1-3-5-12)15-8-9-18-11-16(13)15/h1-6,16,18H,7-9,11H2. The maximum atomic E-state index is 9.22. The number of rotatable bonds is 1. The van der Waals surface area contributed by atoms with Crippen molar-refractivity contribution in [3.05, 3.63) is 53.1 Å². The average Bonchev–Trinajstić information content (AvgIpc) is 2.47. The minimum absolute atomic E-state index is 0.299. The van der Waals surface area contributed by atoms with Crippen LogP contribution in [0.4, 0.5) is 0 Å². The van der Waals surface area contributed by atoms with E-state index in [2.05, 4.69) is 41.7 Å². The zero-order chi connectivity index (χ0) is 12.4. The molecular weight excluding hydrogens is 220 g/mol. The summed E-state index contributed by atoms with van der Waals surface area (Å²) in [4.78, 5) is 0. The Morgan fingerprint density at radius 3 is 2.83 bits per heavy atom. The molecule has 2 heteroatoms. The second kappa shape index (κ2) is 4.80. The first-order chi connectivity index (χ1) is 8.90. The lowest BCUT2D eigenvalue weighted by Gasteiger charge is -2.31. The van der Waals surface area contributed by atoms with Crippen LogP contribution in [0.15, 0.2) is 47.6 Å². The first kappa shape index (κ1) is 11.3. The topological polar surface area (TPSA) is 35.8 Å². The Labute approximate surface area is 108 Å². The van der Waals surface area contributed by atoms with E-state index in [1.807, 2.05) is 6.07 Å². The van der Waals surface area contributed by atoms with E-state index < -0.39 is 0 Å². The van der Waals surface area contributed by atoms with Gasteiger partial charge in [-0.2, -0.15) is 5.26 Å². The van der Waals surface area contributed by atoms with E-state index in [9.17, 15) is 5.26 Å². The molecule has 1 unspecified atom stereocenters. The van der Waals surface area contributed by atoms with Gasteiger partial charge in [0.05, 0.1) is 6.07 Å². The Morgan fingerprint density at radius 2 is 2.06 bits per heavy atom. The lowest BCUT2D eigenvalue weighted by molar-refractivity contribution is 0.521. The normalized spacial score (nSPS) is 23.1. The molecule has 1 fully saturated rings. The summed E-state index contributed by atoms with van der Waals surface area (Å²) in [6.07, 6.45) is 4.07. The first-order valence-corrected chi connectivity index (χ1v) is 6.48. The molecule has 1 aromatic rings. The maximum Gasteiger partial charge on any atom is 0.0950 e. The number of benzene rings is 1. The highest BCUT2D eigenvalue weighted by Gasteiger charge is 2.28. The van der Waals surface area contributed by atoms with Crippen molar-refractivity contribution in [2.75, 3.05) is 13.1 Å². The molecule has 3 rings (SSSR count). The predicted octanol–water partition coefficient (Wildman–Crippen LogP) is 2.90. The Balaban J connectivity index is 2.04. The SMILES string of the molecule is N#CC1=CCC(c2ccccc2)=C2CCNCC12. The summed E-state index contributed by atoms with van der Waals surface area (Å²) in [6.45, 7) is 1.94. The van der Waals surface area contributed by atoms with Crippen molar-refractivity contribution in [1.29, 1.82) is 5.26 Å². The van der Waals surface area contributed by atoms with E-state index in [4.69, 9.17) is 0 Å². The van der Waals surface area contributed by atoms with Gasteiger partial charge in [-0.25, -0.2) is 0 Å². The highest BCUT2D eigenvalue weighted by atomic mass is 14.9. The van der Waals surface area contributed by atoms with Gasteiger partial charge in [0, 0.05) is 18.0 Å². The fourth-order valence-electron chi connectivity index (χ4n) is 2.98. The van der Waals surface area contributed by atoms with Crippen LogP contribution in [-0.4, -0.2) is 13.1 Å². The zero-order valence-corrected chi connectivity index (χ0v) is 10.3. The van der Waals surface area contributed by atoms with Crippen LogP contribution in [0.25, 0.3) is 5.57 Å². The van der Waals surface area contributed by atoms with E-state index in [0.717, 1.165) is 31.5 Å². The molecule has 2 nitrogen and oxygen atoms in total. The van der Waals surface area contributed by atoms with Gasteiger partial charge in [0.15, 0.2) is 0 Å². The Morgan fingerprint density at radius 1 is 1.22 bits per heavy atom. The number of hydrogen-bond acceptors (Lipinski definition) is 2. The van der Waals surface area contributed by atoms with Crippen LogP contribution in [0.5, 0.6) is 0 Å². The highest BCUT2D eigenvalue weighted by Crippen LogP contribution is 2.38. The maximum absolute atomic E-state index is 9.22. The van der Waals surface area contributed by atoms with Gasteiger partial charge in [0.2, 0.25) is 0 Å². The fourth-order valence-corrected chi connectivity index (χ4v) is 2.98. The van der Waals surface area contributed by atoms with Crippen molar-refractivity contribution >= 4 is 5.57 Å². The molecule has 90 valence electrons. The molecule has 0 amide bonds. The second-order valence-corrected chi connectivity index (χ2v) is 4.85. The molecule has 0 spiro atoms. The molecule has 1 aromatic carbocycles. The van der Waals surface area contributed by atoms with Crippen LogP contribution in [0.3, 0.4) is 0 Å². The number of nitriles is 1. The molecule has 0 radical (unpaired) electrons. The number of nitrogens with zero attached hydrogens (tertiary/aromatic N) is 1. The van der Waals surface area contributed by atoms with Gasteiger partial charge in [0.25, 0.3) is 0 Å². The fraction of sp³-hybridized carbons (Fsp3) is 0.312. The number of fused-ring (bicyclic) bond motifs is 1. The quantitative estimate of drug-likeness (QED) is 0.813. The lowest BCUT2D eigenvalue weighted by atomic mass is 9.77.